The number of sulfonamides is 1. The van der Waals surface area contributed by atoms with Crippen molar-refractivity contribution in [3.05, 3.63) is 55.8 Å². The van der Waals surface area contributed by atoms with Gasteiger partial charge < -0.3 is 0 Å². The van der Waals surface area contributed by atoms with E-state index in [0.29, 0.717) is 4.88 Å². The van der Waals surface area contributed by atoms with Crippen LogP contribution >= 0.6 is 11.3 Å². The number of nitro groups is 1. The normalized spacial score (nSPS) is 13.5. The monoisotopic (exact) mass is 367 g/mol. The summed E-state index contributed by atoms with van der Waals surface area (Å²) in [6.07, 6.45) is 2.91. The van der Waals surface area contributed by atoms with Crippen molar-refractivity contribution < 1.29 is 18.1 Å². The third-order valence-corrected chi connectivity index (χ3v) is 6.15. The minimum absolute atomic E-state index is 0.407. The SMILES string of the molecule is O=C(NNS(=O)(=O)c1ccccc1[N+](=O)[O-])c1cc2c(s1)CCC2. The van der Waals surface area contributed by atoms with Crippen LogP contribution in [-0.2, 0) is 22.9 Å². The molecule has 0 atom stereocenters. The highest BCUT2D eigenvalue weighted by Gasteiger charge is 2.26. The maximum absolute atomic E-state index is 12.2. The van der Waals surface area contributed by atoms with Gasteiger partial charge in [-0.1, -0.05) is 12.1 Å². The first-order chi connectivity index (χ1) is 11.4. The second kappa shape index (κ2) is 6.30. The van der Waals surface area contributed by atoms with Crippen LogP contribution in [0.15, 0.2) is 35.2 Å². The van der Waals surface area contributed by atoms with Crippen molar-refractivity contribution in [2.24, 2.45) is 0 Å². The van der Waals surface area contributed by atoms with Crippen LogP contribution in [0.5, 0.6) is 0 Å². The number of hydrogen-bond acceptors (Lipinski definition) is 6. The van der Waals surface area contributed by atoms with Crippen LogP contribution < -0.4 is 10.3 Å². The summed E-state index contributed by atoms with van der Waals surface area (Å²) in [7, 11) is -4.25. The molecule has 0 aliphatic heterocycles. The second-order valence-corrected chi connectivity index (χ2v) is 7.98. The Morgan fingerprint density at radius 2 is 2.00 bits per heavy atom. The number of hydrogen-bond donors (Lipinski definition) is 2. The predicted octanol–water partition coefficient (Wildman–Crippen LogP) is 1.77. The van der Waals surface area contributed by atoms with E-state index in [2.05, 4.69) is 5.43 Å². The van der Waals surface area contributed by atoms with Crippen molar-refractivity contribution in [2.75, 3.05) is 0 Å². The number of para-hydroxylation sites is 1. The fourth-order valence-electron chi connectivity index (χ4n) is 2.51. The van der Waals surface area contributed by atoms with Crippen LogP contribution in [0.4, 0.5) is 5.69 Å². The Labute approximate surface area is 141 Å². The summed E-state index contributed by atoms with van der Waals surface area (Å²) in [5, 5.41) is 10.9. The van der Waals surface area contributed by atoms with Gasteiger partial charge in [0.05, 0.1) is 9.80 Å². The van der Waals surface area contributed by atoms with Gasteiger partial charge >= 0.3 is 0 Å². The summed E-state index contributed by atoms with van der Waals surface area (Å²) in [6, 6.07) is 6.67. The number of hydrazine groups is 1. The first-order valence-corrected chi connectivity index (χ1v) is 9.35. The largest absolute Gasteiger partial charge is 0.289 e. The lowest BCUT2D eigenvalue weighted by Crippen LogP contribution is -2.41. The Bertz CT molecular complexity index is 899. The zero-order valence-corrected chi connectivity index (χ0v) is 13.9. The van der Waals surface area contributed by atoms with E-state index < -0.39 is 31.4 Å². The minimum Gasteiger partial charge on any atom is -0.273 e. The number of nitrogens with zero attached hydrogens (tertiary/aromatic N) is 1. The molecule has 24 heavy (non-hydrogen) atoms. The quantitative estimate of drug-likeness (QED) is 0.617. The number of thiophene rings is 1. The molecular formula is C14H13N3O5S2. The number of benzene rings is 1. The number of amides is 1. The lowest BCUT2D eigenvalue weighted by atomic mass is 10.2. The van der Waals surface area contributed by atoms with Gasteiger partial charge in [-0.05, 0) is 37.0 Å². The summed E-state index contributed by atoms with van der Waals surface area (Å²) in [4.78, 5) is 25.2. The number of carbonyl (C=O) groups excluding carboxylic acids is 1. The molecule has 8 nitrogen and oxygen atoms in total. The Balaban J connectivity index is 1.75. The fraction of sp³-hybridized carbons (Fsp3) is 0.214. The van der Waals surface area contributed by atoms with Gasteiger partial charge in [-0.25, -0.2) is 8.42 Å². The molecule has 1 amide bonds. The van der Waals surface area contributed by atoms with Crippen molar-refractivity contribution in [1.29, 1.82) is 0 Å². The van der Waals surface area contributed by atoms with Crippen LogP contribution in [0.25, 0.3) is 0 Å². The standard InChI is InChI=1S/C14H13N3O5S2/c18-14(12-8-9-4-3-6-11(9)23-12)15-16-24(21,22)13-7-2-1-5-10(13)17(19)20/h1-2,5,7-8,16H,3-4,6H2,(H,15,18). The Morgan fingerprint density at radius 1 is 1.25 bits per heavy atom. The van der Waals surface area contributed by atoms with Crippen LogP contribution in [0.2, 0.25) is 0 Å². The van der Waals surface area contributed by atoms with E-state index in [1.165, 1.54) is 23.5 Å². The van der Waals surface area contributed by atoms with Gasteiger partial charge in [-0.2, -0.15) is 0 Å². The van der Waals surface area contributed by atoms with Crippen molar-refractivity contribution in [3.63, 3.8) is 0 Å². The summed E-state index contributed by atoms with van der Waals surface area (Å²) in [5.41, 5.74) is 2.66. The third kappa shape index (κ3) is 3.16. The zero-order chi connectivity index (χ0) is 17.3. The van der Waals surface area contributed by atoms with E-state index >= 15 is 0 Å². The molecule has 1 heterocycles. The smallest absolute Gasteiger partial charge is 0.273 e. The molecule has 0 radical (unpaired) electrons. The highest BCUT2D eigenvalue weighted by molar-refractivity contribution is 7.89. The van der Waals surface area contributed by atoms with Crippen LogP contribution in [0.1, 0.15) is 26.5 Å². The molecule has 0 unspecified atom stereocenters. The summed E-state index contributed by atoms with van der Waals surface area (Å²) in [6.45, 7) is 0. The zero-order valence-electron chi connectivity index (χ0n) is 12.3. The minimum atomic E-state index is -4.25. The number of nitro benzene ring substituents is 1. The summed E-state index contributed by atoms with van der Waals surface area (Å²) in [5.74, 6) is -0.587. The molecule has 1 aromatic carbocycles. The molecule has 2 N–H and O–H groups in total. The molecule has 1 aromatic heterocycles. The van der Waals surface area contributed by atoms with Gasteiger partial charge in [0.2, 0.25) is 0 Å². The maximum atomic E-state index is 12.2. The highest BCUT2D eigenvalue weighted by atomic mass is 32.2. The first kappa shape index (κ1) is 16.6. The molecule has 0 saturated carbocycles. The molecule has 2 aromatic rings. The Morgan fingerprint density at radius 3 is 2.71 bits per heavy atom. The van der Waals surface area contributed by atoms with Crippen molar-refractivity contribution >= 4 is 33.0 Å². The van der Waals surface area contributed by atoms with E-state index in [-0.39, 0.29) is 0 Å². The lowest BCUT2D eigenvalue weighted by Gasteiger charge is -2.08. The van der Waals surface area contributed by atoms with E-state index in [1.807, 2.05) is 4.83 Å². The van der Waals surface area contributed by atoms with Crippen LogP contribution in [-0.4, -0.2) is 19.2 Å². The summed E-state index contributed by atoms with van der Waals surface area (Å²) >= 11 is 1.33. The summed E-state index contributed by atoms with van der Waals surface area (Å²) < 4.78 is 24.4. The second-order valence-electron chi connectivity index (χ2n) is 5.20. The van der Waals surface area contributed by atoms with E-state index in [4.69, 9.17) is 0 Å². The van der Waals surface area contributed by atoms with Gasteiger partial charge in [0.1, 0.15) is 0 Å². The van der Waals surface area contributed by atoms with Crippen LogP contribution in [0, 0.1) is 10.1 Å². The van der Waals surface area contributed by atoms with Gasteiger partial charge in [0.15, 0.2) is 4.90 Å². The molecule has 3 rings (SSSR count). The Kier molecular flexibility index (Phi) is 4.35. The third-order valence-electron chi connectivity index (χ3n) is 3.62. The van der Waals surface area contributed by atoms with Gasteiger partial charge in [-0.15, -0.1) is 16.2 Å². The van der Waals surface area contributed by atoms with Crippen molar-refractivity contribution in [1.82, 2.24) is 10.3 Å². The maximum Gasteiger partial charge on any atom is 0.289 e. The van der Waals surface area contributed by atoms with Crippen molar-refractivity contribution in [2.45, 2.75) is 24.2 Å². The lowest BCUT2D eigenvalue weighted by molar-refractivity contribution is -0.387. The number of carbonyl (C=O) groups is 1. The molecular weight excluding hydrogens is 354 g/mol. The average molecular weight is 367 g/mol. The Hall–Kier alpha value is -2.30. The van der Waals surface area contributed by atoms with Gasteiger partial charge in [-0.3, -0.25) is 20.3 Å². The van der Waals surface area contributed by atoms with E-state index in [9.17, 15) is 23.3 Å². The molecule has 0 saturated heterocycles. The van der Waals surface area contributed by atoms with Crippen LogP contribution in [0.3, 0.4) is 0 Å². The molecule has 10 heteroatoms. The predicted molar refractivity (Wildman–Crippen MR) is 87.2 cm³/mol. The van der Waals surface area contributed by atoms with Gasteiger partial charge in [0.25, 0.3) is 21.6 Å². The molecule has 126 valence electrons. The first-order valence-electron chi connectivity index (χ1n) is 7.05. The fourth-order valence-corrected chi connectivity index (χ4v) is 4.67. The molecule has 1 aliphatic carbocycles. The number of nitrogens with one attached hydrogen (secondary N) is 2. The van der Waals surface area contributed by atoms with Crippen molar-refractivity contribution in [3.8, 4) is 0 Å². The topological polar surface area (TPSA) is 118 Å². The van der Waals surface area contributed by atoms with Gasteiger partial charge in [0, 0.05) is 10.9 Å². The molecule has 0 fully saturated rings. The molecule has 0 spiro atoms. The number of rotatable bonds is 5. The number of fused-ring (bicyclic) bond motifs is 1. The van der Waals surface area contributed by atoms with E-state index in [0.717, 1.165) is 41.8 Å². The average Bonchev–Trinajstić information content (AvgIpc) is 3.14. The number of aryl methyl sites for hydroxylation is 2. The molecule has 1 aliphatic rings. The highest BCUT2D eigenvalue weighted by Crippen LogP contribution is 2.30. The van der Waals surface area contributed by atoms with E-state index in [1.54, 1.807) is 6.07 Å². The molecule has 0 bridgehead atoms.